The van der Waals surface area contributed by atoms with E-state index >= 15 is 0 Å². The lowest BCUT2D eigenvalue weighted by Crippen LogP contribution is -2.48. The molecule has 2 aliphatic heterocycles. The number of nitrogens with one attached hydrogen (secondary N) is 2. The fourth-order valence-corrected chi connectivity index (χ4v) is 3.80. The third-order valence-corrected chi connectivity index (χ3v) is 5.37. The lowest BCUT2D eigenvalue weighted by molar-refractivity contribution is 0.0535. The Labute approximate surface area is 185 Å². The van der Waals surface area contributed by atoms with Gasteiger partial charge in [-0.1, -0.05) is 0 Å². The summed E-state index contributed by atoms with van der Waals surface area (Å²) in [6, 6.07) is 6.27. The highest BCUT2D eigenvalue weighted by atomic mass is 16.5. The topological polar surface area (TPSA) is 140 Å². The first kappa shape index (κ1) is 21.8. The van der Waals surface area contributed by atoms with Crippen molar-refractivity contribution >= 4 is 29.3 Å². The molecule has 4 N–H and O–H groups in total. The zero-order chi connectivity index (χ0) is 22.7. The summed E-state index contributed by atoms with van der Waals surface area (Å²) in [6.07, 6.45) is 1.25. The Balaban J connectivity index is 1.51. The van der Waals surface area contributed by atoms with Crippen LogP contribution in [0.5, 0.6) is 5.75 Å². The molecule has 2 aromatic heterocycles. The molecule has 170 valence electrons. The Morgan fingerprint density at radius 1 is 1.31 bits per heavy atom. The van der Waals surface area contributed by atoms with Gasteiger partial charge in [0.05, 0.1) is 24.5 Å². The second kappa shape index (κ2) is 9.37. The quantitative estimate of drug-likeness (QED) is 0.488. The van der Waals surface area contributed by atoms with Gasteiger partial charge in [0, 0.05) is 19.6 Å². The summed E-state index contributed by atoms with van der Waals surface area (Å²) in [5.74, 6) is 0.899. The summed E-state index contributed by atoms with van der Waals surface area (Å²) in [7, 11) is 0. The molecule has 3 amide bonds. The van der Waals surface area contributed by atoms with Crippen molar-refractivity contribution in [2.24, 2.45) is 0 Å². The molecule has 0 spiro atoms. The normalized spacial score (nSPS) is 17.5. The van der Waals surface area contributed by atoms with E-state index in [1.165, 1.54) is 6.20 Å². The molecule has 1 unspecified atom stereocenters. The van der Waals surface area contributed by atoms with Gasteiger partial charge in [0.1, 0.15) is 30.0 Å². The summed E-state index contributed by atoms with van der Waals surface area (Å²) < 4.78 is 5.33. The van der Waals surface area contributed by atoms with Gasteiger partial charge >= 0.3 is 6.03 Å². The van der Waals surface area contributed by atoms with E-state index in [0.29, 0.717) is 30.5 Å². The van der Waals surface area contributed by atoms with Gasteiger partial charge in [0.15, 0.2) is 5.82 Å². The summed E-state index contributed by atoms with van der Waals surface area (Å²) in [5, 5.41) is 23.7. The van der Waals surface area contributed by atoms with Crippen molar-refractivity contribution in [3.8, 4) is 5.75 Å². The number of fused-ring (bicyclic) bond motifs is 4. The molecule has 2 aliphatic rings. The van der Waals surface area contributed by atoms with Crippen LogP contribution in [0.1, 0.15) is 23.8 Å². The maximum Gasteiger partial charge on any atom is 0.329 e. The number of aromatic nitrogens is 2. The van der Waals surface area contributed by atoms with Crippen LogP contribution >= 0.6 is 0 Å². The van der Waals surface area contributed by atoms with Gasteiger partial charge < -0.3 is 25.2 Å². The average Bonchev–Trinajstić information content (AvgIpc) is 3.22. The van der Waals surface area contributed by atoms with E-state index in [4.69, 9.17) is 9.84 Å². The van der Waals surface area contributed by atoms with Gasteiger partial charge in [-0.15, -0.1) is 0 Å². The molecule has 11 heteroatoms. The largest absolute Gasteiger partial charge is 0.489 e. The fourth-order valence-electron chi connectivity index (χ4n) is 3.80. The number of urea groups is 1. The van der Waals surface area contributed by atoms with Gasteiger partial charge in [-0.25, -0.2) is 14.8 Å². The smallest absolute Gasteiger partial charge is 0.329 e. The molecule has 4 rings (SSSR count). The maximum absolute atomic E-state index is 13.2. The lowest BCUT2D eigenvalue weighted by atomic mass is 10.1. The van der Waals surface area contributed by atoms with Crippen LogP contribution in [0.3, 0.4) is 0 Å². The average molecular weight is 442 g/mol. The molecule has 0 radical (unpaired) electrons. The molecule has 2 aromatic rings. The zero-order valence-electron chi connectivity index (χ0n) is 17.7. The van der Waals surface area contributed by atoms with Gasteiger partial charge in [-0.05, 0) is 37.6 Å². The third kappa shape index (κ3) is 4.43. The van der Waals surface area contributed by atoms with E-state index in [9.17, 15) is 14.7 Å². The van der Waals surface area contributed by atoms with E-state index in [0.717, 1.165) is 18.7 Å². The number of anilines is 3. The number of amides is 3. The van der Waals surface area contributed by atoms with Crippen molar-refractivity contribution in [2.75, 3.05) is 48.0 Å². The number of pyridine rings is 2. The number of rotatable bonds is 7. The molecule has 4 heterocycles. The molecule has 1 fully saturated rings. The first-order chi connectivity index (χ1) is 15.5. The molecular formula is C21H26N6O5. The minimum atomic E-state index is -0.976. The van der Waals surface area contributed by atoms with Crippen LogP contribution in [0.4, 0.5) is 22.1 Å². The predicted molar refractivity (Wildman–Crippen MR) is 117 cm³/mol. The zero-order valence-corrected chi connectivity index (χ0v) is 17.7. The number of nitrogens with zero attached hydrogens (tertiary/aromatic N) is 4. The Bertz CT molecular complexity index is 985. The predicted octanol–water partition coefficient (Wildman–Crippen LogP) is 0.589. The molecule has 0 saturated carbocycles. The molecule has 2 atom stereocenters. The molecule has 11 nitrogen and oxygen atoms in total. The highest BCUT2D eigenvalue weighted by Gasteiger charge is 2.40. The van der Waals surface area contributed by atoms with Crippen molar-refractivity contribution < 1.29 is 24.5 Å². The summed E-state index contributed by atoms with van der Waals surface area (Å²) >= 11 is 0. The minimum absolute atomic E-state index is 0.0536. The highest BCUT2D eigenvalue weighted by molar-refractivity contribution is 6.05. The van der Waals surface area contributed by atoms with Crippen LogP contribution in [0.2, 0.25) is 0 Å². The van der Waals surface area contributed by atoms with Gasteiger partial charge in [-0.3, -0.25) is 15.0 Å². The summed E-state index contributed by atoms with van der Waals surface area (Å²) in [5.41, 5.74) is 1.08. The first-order valence-corrected chi connectivity index (χ1v) is 10.5. The van der Waals surface area contributed by atoms with Crippen LogP contribution in [0.15, 0.2) is 30.5 Å². The van der Waals surface area contributed by atoms with E-state index in [2.05, 4.69) is 25.5 Å². The van der Waals surface area contributed by atoms with Crippen LogP contribution < -0.4 is 25.2 Å². The number of carbonyl (C=O) groups is 2. The molecule has 1 saturated heterocycles. The molecule has 2 bridgehead atoms. The molecule has 32 heavy (non-hydrogen) atoms. The van der Waals surface area contributed by atoms with Gasteiger partial charge in [0.2, 0.25) is 0 Å². The van der Waals surface area contributed by atoms with Crippen LogP contribution in [-0.4, -0.2) is 77.1 Å². The first-order valence-electron chi connectivity index (χ1n) is 10.5. The molecule has 0 aliphatic carbocycles. The van der Waals surface area contributed by atoms with Crippen LogP contribution in [-0.2, 0) is 0 Å². The number of carbonyl (C=O) groups excluding carboxylic acids is 2. The molecular weight excluding hydrogens is 416 g/mol. The van der Waals surface area contributed by atoms with Crippen molar-refractivity contribution in [1.29, 1.82) is 0 Å². The van der Waals surface area contributed by atoms with Crippen LogP contribution in [0, 0.1) is 0 Å². The minimum Gasteiger partial charge on any atom is -0.489 e. The number of hydrogen-bond donors (Lipinski definition) is 4. The van der Waals surface area contributed by atoms with E-state index in [-0.39, 0.29) is 30.3 Å². The highest BCUT2D eigenvalue weighted by Crippen LogP contribution is 2.39. The number of ether oxygens (including phenoxy) is 1. The monoisotopic (exact) mass is 442 g/mol. The molecule has 0 aromatic carbocycles. The lowest BCUT2D eigenvalue weighted by Gasteiger charge is -2.35. The summed E-state index contributed by atoms with van der Waals surface area (Å²) in [4.78, 5) is 37.9. The van der Waals surface area contributed by atoms with Gasteiger partial charge in [0.25, 0.3) is 5.91 Å². The van der Waals surface area contributed by atoms with Crippen molar-refractivity contribution in [2.45, 2.75) is 25.5 Å². The van der Waals surface area contributed by atoms with Crippen molar-refractivity contribution in [3.05, 3.63) is 36.2 Å². The van der Waals surface area contributed by atoms with Crippen molar-refractivity contribution in [3.63, 3.8) is 0 Å². The Hall–Kier alpha value is -3.44. The third-order valence-electron chi connectivity index (χ3n) is 5.37. The summed E-state index contributed by atoms with van der Waals surface area (Å²) in [6.45, 7) is 3.38. The second-order valence-corrected chi connectivity index (χ2v) is 7.61. The fraction of sp³-hybridized carbons (Fsp3) is 0.429. The number of hydrogen-bond acceptors (Lipinski definition) is 8. The SMILES string of the molecule is CCNC(=O)c1ccc2c(n1)N(C(=O)Nc1ccc(OC[C@@H](O)CO)cn1)C1CCN2C1. The Morgan fingerprint density at radius 2 is 2.16 bits per heavy atom. The second-order valence-electron chi connectivity index (χ2n) is 7.61. The maximum atomic E-state index is 13.2. The van der Waals surface area contributed by atoms with E-state index < -0.39 is 12.7 Å². The number of aliphatic hydroxyl groups excluding tert-OH is 2. The van der Waals surface area contributed by atoms with E-state index in [1.54, 1.807) is 23.1 Å². The number of aliphatic hydroxyl groups is 2. The Morgan fingerprint density at radius 3 is 2.88 bits per heavy atom. The van der Waals surface area contributed by atoms with Crippen LogP contribution in [0.25, 0.3) is 0 Å². The standard InChI is InChI=1S/C21H26N6O5/c1-2-22-20(30)16-4-5-17-19(24-16)27(13-7-8-26(17)10-13)21(31)25-18-6-3-15(9-23-18)32-12-14(29)11-28/h3-6,9,13-14,28-29H,2,7-8,10-12H2,1H3,(H,22,30)(H,23,25,31)/t13?,14-/m0/s1. The van der Waals surface area contributed by atoms with E-state index in [1.807, 2.05) is 13.0 Å². The Kier molecular flexibility index (Phi) is 6.37. The van der Waals surface area contributed by atoms with Crippen molar-refractivity contribution in [1.82, 2.24) is 15.3 Å². The van der Waals surface area contributed by atoms with Gasteiger partial charge in [-0.2, -0.15) is 0 Å².